The van der Waals surface area contributed by atoms with Crippen LogP contribution in [0.4, 0.5) is 0 Å². The molecule has 0 aliphatic carbocycles. The molecule has 0 bridgehead atoms. The van der Waals surface area contributed by atoms with E-state index in [1.807, 2.05) is 19.9 Å². The summed E-state index contributed by atoms with van der Waals surface area (Å²) in [5, 5.41) is 4.99. The Kier molecular flexibility index (Phi) is 6.99. The maximum atomic E-state index is 13.0. The van der Waals surface area contributed by atoms with Crippen molar-refractivity contribution in [2.24, 2.45) is 5.73 Å². The summed E-state index contributed by atoms with van der Waals surface area (Å²) < 4.78 is 13.6. The number of hydrogen-bond donors (Lipinski definition) is 1. The molecule has 1 aliphatic rings. The Labute approximate surface area is 180 Å². The lowest BCUT2D eigenvalue weighted by molar-refractivity contribution is -0.142. The number of aromatic nitrogens is 2. The van der Waals surface area contributed by atoms with Crippen LogP contribution in [0.5, 0.6) is 5.75 Å². The predicted molar refractivity (Wildman–Crippen MR) is 113 cm³/mol. The number of halogens is 1. The molecule has 1 aromatic carbocycles. The number of carbonyl (C=O) groups is 2. The number of rotatable bonds is 8. The zero-order valence-electron chi connectivity index (χ0n) is 17.3. The monoisotopic (exact) mass is 434 g/mol. The molecule has 30 heavy (non-hydrogen) atoms. The van der Waals surface area contributed by atoms with Gasteiger partial charge in [-0.05, 0) is 43.2 Å². The first-order valence-corrected chi connectivity index (χ1v) is 10.3. The summed E-state index contributed by atoms with van der Waals surface area (Å²) >= 11 is 6.07. The normalized spacial score (nSPS) is 19.0. The summed E-state index contributed by atoms with van der Waals surface area (Å²) in [6.45, 7) is 5.61. The summed E-state index contributed by atoms with van der Waals surface area (Å²) in [5.41, 5.74) is 5.70. The van der Waals surface area contributed by atoms with Gasteiger partial charge < -0.3 is 20.1 Å². The molecule has 2 heterocycles. The topological polar surface area (TPSA) is 99.7 Å². The fraction of sp³-hybridized carbons (Fsp3) is 0.476. The van der Waals surface area contributed by atoms with Crippen LogP contribution < -0.4 is 10.5 Å². The number of benzene rings is 1. The third kappa shape index (κ3) is 5.31. The van der Waals surface area contributed by atoms with Gasteiger partial charge in [0.1, 0.15) is 23.7 Å². The molecule has 1 aliphatic heterocycles. The van der Waals surface area contributed by atoms with Crippen molar-refractivity contribution in [1.82, 2.24) is 14.7 Å². The molecule has 0 spiro atoms. The van der Waals surface area contributed by atoms with Gasteiger partial charge >= 0.3 is 0 Å². The fourth-order valence-corrected chi connectivity index (χ4v) is 3.61. The average molecular weight is 435 g/mol. The van der Waals surface area contributed by atoms with Gasteiger partial charge in [0, 0.05) is 24.3 Å². The Morgan fingerprint density at radius 3 is 2.87 bits per heavy atom. The highest BCUT2D eigenvalue weighted by atomic mass is 35.5. The second-order valence-corrected chi connectivity index (χ2v) is 7.97. The number of ether oxygens (including phenoxy) is 2. The van der Waals surface area contributed by atoms with Crippen molar-refractivity contribution >= 4 is 23.4 Å². The van der Waals surface area contributed by atoms with Crippen LogP contribution in [0.3, 0.4) is 0 Å². The van der Waals surface area contributed by atoms with Crippen LogP contribution in [0, 0.1) is 6.92 Å². The molecular formula is C21H27ClN4O4. The highest BCUT2D eigenvalue weighted by Crippen LogP contribution is 2.27. The van der Waals surface area contributed by atoms with Gasteiger partial charge in [-0.15, -0.1) is 0 Å². The van der Waals surface area contributed by atoms with Crippen molar-refractivity contribution in [3.8, 4) is 5.75 Å². The molecule has 1 saturated heterocycles. The maximum Gasteiger partial charge on any atom is 0.274 e. The van der Waals surface area contributed by atoms with Crippen molar-refractivity contribution in [3.63, 3.8) is 0 Å². The van der Waals surface area contributed by atoms with Crippen molar-refractivity contribution in [2.45, 2.75) is 38.8 Å². The molecule has 0 unspecified atom stereocenters. The van der Waals surface area contributed by atoms with Gasteiger partial charge in [0.2, 0.25) is 5.91 Å². The number of amides is 2. The summed E-state index contributed by atoms with van der Waals surface area (Å²) in [6, 6.07) is 7.01. The molecule has 9 heteroatoms. The first-order valence-electron chi connectivity index (χ1n) is 9.96. The minimum Gasteiger partial charge on any atom is -0.490 e. The molecule has 0 radical (unpaired) electrons. The number of nitrogens with two attached hydrogens (primary N) is 1. The van der Waals surface area contributed by atoms with E-state index in [9.17, 15) is 9.59 Å². The second-order valence-electron chi connectivity index (χ2n) is 7.56. The van der Waals surface area contributed by atoms with Gasteiger partial charge in [-0.1, -0.05) is 18.5 Å². The van der Waals surface area contributed by atoms with Crippen LogP contribution >= 0.6 is 11.6 Å². The van der Waals surface area contributed by atoms with E-state index in [-0.39, 0.29) is 32.1 Å². The molecule has 162 valence electrons. The van der Waals surface area contributed by atoms with Crippen molar-refractivity contribution < 1.29 is 19.1 Å². The summed E-state index contributed by atoms with van der Waals surface area (Å²) in [6.07, 6.45) is 2.66. The first-order chi connectivity index (χ1) is 14.3. The molecule has 8 nitrogen and oxygen atoms in total. The van der Waals surface area contributed by atoms with E-state index in [2.05, 4.69) is 5.10 Å². The smallest absolute Gasteiger partial charge is 0.274 e. The van der Waals surface area contributed by atoms with E-state index in [0.717, 1.165) is 18.5 Å². The van der Waals surface area contributed by atoms with Crippen LogP contribution in [-0.4, -0.2) is 58.4 Å². The number of nitrogens with zero attached hydrogens (tertiary/aromatic N) is 3. The van der Waals surface area contributed by atoms with Crippen molar-refractivity contribution in [3.05, 3.63) is 46.7 Å². The maximum absolute atomic E-state index is 13.0. The van der Waals surface area contributed by atoms with E-state index in [4.69, 9.17) is 26.8 Å². The van der Waals surface area contributed by atoms with Crippen LogP contribution in [0.1, 0.15) is 35.8 Å². The SMILES string of the molecule is CCCn1ccc(C(=O)N2CCO[C@](COc3ccc(Cl)c(C)c3)(CC(N)=O)C2)n1. The van der Waals surface area contributed by atoms with E-state index in [0.29, 0.717) is 23.0 Å². The molecule has 1 aromatic heterocycles. The summed E-state index contributed by atoms with van der Waals surface area (Å²) in [7, 11) is 0. The molecule has 1 atom stereocenters. The molecule has 2 aromatic rings. The van der Waals surface area contributed by atoms with E-state index in [1.54, 1.807) is 34.0 Å². The standard InChI is InChI=1S/C21H27ClN4O4/c1-3-7-26-8-6-18(24-26)20(28)25-9-10-30-21(13-25,12-19(23)27)14-29-16-4-5-17(22)15(2)11-16/h4-6,8,11H,3,7,9-10,12-14H2,1-2H3,(H2,23,27)/t21-/m1/s1. The third-order valence-corrected chi connectivity index (χ3v) is 5.40. The number of aryl methyl sites for hydroxylation is 2. The van der Waals surface area contributed by atoms with Gasteiger partial charge in [0.25, 0.3) is 5.91 Å². The second kappa shape index (κ2) is 9.49. The van der Waals surface area contributed by atoms with Gasteiger partial charge in [-0.25, -0.2) is 0 Å². The van der Waals surface area contributed by atoms with Crippen LogP contribution in [-0.2, 0) is 16.1 Å². The zero-order chi connectivity index (χ0) is 21.7. The van der Waals surface area contributed by atoms with E-state index in [1.165, 1.54) is 0 Å². The fourth-order valence-electron chi connectivity index (χ4n) is 3.49. The molecule has 0 saturated carbocycles. The average Bonchev–Trinajstić information content (AvgIpc) is 3.17. The third-order valence-electron chi connectivity index (χ3n) is 4.98. The zero-order valence-corrected chi connectivity index (χ0v) is 18.0. The predicted octanol–water partition coefficient (Wildman–Crippen LogP) is 2.42. The Bertz CT molecular complexity index is 916. The largest absolute Gasteiger partial charge is 0.490 e. The van der Waals surface area contributed by atoms with Crippen molar-refractivity contribution in [1.29, 1.82) is 0 Å². The Hall–Kier alpha value is -2.58. The quantitative estimate of drug-likeness (QED) is 0.687. The molecular weight excluding hydrogens is 408 g/mol. The van der Waals surface area contributed by atoms with Gasteiger partial charge in [-0.2, -0.15) is 5.10 Å². The van der Waals surface area contributed by atoms with Gasteiger partial charge in [0.15, 0.2) is 0 Å². The lowest BCUT2D eigenvalue weighted by Crippen LogP contribution is -2.58. The molecule has 3 rings (SSSR count). The van der Waals surface area contributed by atoms with Crippen LogP contribution in [0.2, 0.25) is 5.02 Å². The number of hydrogen-bond acceptors (Lipinski definition) is 5. The van der Waals surface area contributed by atoms with Crippen LogP contribution in [0.15, 0.2) is 30.5 Å². The lowest BCUT2D eigenvalue weighted by atomic mass is 9.97. The first kappa shape index (κ1) is 22.1. The van der Waals surface area contributed by atoms with E-state index >= 15 is 0 Å². The Balaban J connectivity index is 1.74. The minimum absolute atomic E-state index is 0.0619. The summed E-state index contributed by atoms with van der Waals surface area (Å²) in [5.74, 6) is -0.122. The van der Waals surface area contributed by atoms with Gasteiger partial charge in [0.05, 0.1) is 19.6 Å². The molecule has 2 N–H and O–H groups in total. The molecule has 2 amide bonds. The van der Waals surface area contributed by atoms with Crippen LogP contribution in [0.25, 0.3) is 0 Å². The lowest BCUT2D eigenvalue weighted by Gasteiger charge is -2.41. The highest BCUT2D eigenvalue weighted by molar-refractivity contribution is 6.31. The minimum atomic E-state index is -1.03. The number of primary amides is 1. The van der Waals surface area contributed by atoms with Crippen molar-refractivity contribution in [2.75, 3.05) is 26.3 Å². The molecule has 1 fully saturated rings. The van der Waals surface area contributed by atoms with E-state index < -0.39 is 11.5 Å². The number of carbonyl (C=O) groups excluding carboxylic acids is 2. The Morgan fingerprint density at radius 2 is 2.17 bits per heavy atom. The number of morpholine rings is 1. The van der Waals surface area contributed by atoms with Gasteiger partial charge in [-0.3, -0.25) is 14.3 Å². The highest BCUT2D eigenvalue weighted by Gasteiger charge is 2.41. The summed E-state index contributed by atoms with van der Waals surface area (Å²) in [4.78, 5) is 26.4. The Morgan fingerprint density at radius 1 is 1.37 bits per heavy atom.